The van der Waals surface area contributed by atoms with Gasteiger partial charge in [0.2, 0.25) is 5.95 Å². The van der Waals surface area contributed by atoms with Crippen molar-refractivity contribution in [1.29, 1.82) is 0 Å². The lowest BCUT2D eigenvalue weighted by atomic mass is 9.89. The van der Waals surface area contributed by atoms with Gasteiger partial charge in [0.1, 0.15) is 0 Å². The van der Waals surface area contributed by atoms with Gasteiger partial charge < -0.3 is 19.8 Å². The summed E-state index contributed by atoms with van der Waals surface area (Å²) in [5.41, 5.74) is 2.67. The number of piperidine rings is 1. The van der Waals surface area contributed by atoms with Crippen LogP contribution < -0.4 is 4.90 Å². The zero-order chi connectivity index (χ0) is 29.3. The number of aliphatic carboxylic acids is 2. The molecule has 1 aromatic carbocycles. The van der Waals surface area contributed by atoms with Crippen LogP contribution >= 0.6 is 0 Å². The van der Waals surface area contributed by atoms with E-state index in [0.29, 0.717) is 0 Å². The average Bonchev–Trinajstić information content (AvgIpc) is 2.87. The van der Waals surface area contributed by atoms with Gasteiger partial charge in [-0.3, -0.25) is 4.90 Å². The van der Waals surface area contributed by atoms with Crippen LogP contribution in [0.5, 0.6) is 0 Å². The Hall–Kier alpha value is -3.46. The van der Waals surface area contributed by atoms with E-state index in [2.05, 4.69) is 51.0 Å². The van der Waals surface area contributed by atoms with Crippen molar-refractivity contribution in [2.24, 2.45) is 0 Å². The Morgan fingerprint density at radius 2 is 1.41 bits per heavy atom. The summed E-state index contributed by atoms with van der Waals surface area (Å²) in [6.07, 6.45) is -4.40. The molecule has 0 atom stereocenters. The highest BCUT2D eigenvalue weighted by Crippen LogP contribution is 2.31. The molecule has 0 unspecified atom stereocenters. The molecule has 2 saturated heterocycles. The Morgan fingerprint density at radius 1 is 0.923 bits per heavy atom. The Labute approximate surface area is 220 Å². The Balaban J connectivity index is 0.000000317. The number of carbonyl (C=O) groups is 2. The van der Waals surface area contributed by atoms with Crippen molar-refractivity contribution in [3.8, 4) is 0 Å². The number of hydrogen-bond donors (Lipinski definition) is 2. The number of carboxylic acids is 2. The molecule has 3 heterocycles. The smallest absolute Gasteiger partial charge is 0.475 e. The molecule has 0 saturated carbocycles. The van der Waals surface area contributed by atoms with Gasteiger partial charge in [0.15, 0.2) is 0 Å². The SMILES string of the molecule is Cc1ccc(CN2CCC3(CC2)CN(c2ncccn2)CCO3)cc1.O=C(O)C(F)(F)F.O=C(O)C(F)(F)F. The number of aromatic nitrogens is 2. The van der Waals surface area contributed by atoms with Crippen molar-refractivity contribution in [2.75, 3.05) is 37.7 Å². The maximum Gasteiger partial charge on any atom is 0.490 e. The number of rotatable bonds is 3. The van der Waals surface area contributed by atoms with E-state index in [1.54, 1.807) is 0 Å². The van der Waals surface area contributed by atoms with Crippen LogP contribution in [0.15, 0.2) is 42.7 Å². The molecule has 1 aromatic heterocycles. The minimum Gasteiger partial charge on any atom is -0.475 e. The molecule has 2 fully saturated rings. The summed E-state index contributed by atoms with van der Waals surface area (Å²) in [6, 6.07) is 10.7. The van der Waals surface area contributed by atoms with Crippen LogP contribution in [0.3, 0.4) is 0 Å². The first-order valence-corrected chi connectivity index (χ1v) is 11.7. The summed E-state index contributed by atoms with van der Waals surface area (Å²) in [4.78, 5) is 31.4. The zero-order valence-electron chi connectivity index (χ0n) is 20.9. The van der Waals surface area contributed by atoms with E-state index in [1.165, 1.54) is 11.1 Å². The highest BCUT2D eigenvalue weighted by Gasteiger charge is 2.40. The molecule has 0 bridgehead atoms. The van der Waals surface area contributed by atoms with Gasteiger partial charge in [-0.05, 0) is 31.4 Å². The number of hydrogen-bond acceptors (Lipinski definition) is 7. The molecule has 0 radical (unpaired) electrons. The maximum absolute atomic E-state index is 10.6. The molecule has 2 aliphatic heterocycles. The summed E-state index contributed by atoms with van der Waals surface area (Å²) in [5, 5.41) is 14.2. The molecular weight excluding hydrogens is 538 g/mol. The topological polar surface area (TPSA) is 116 Å². The van der Waals surface area contributed by atoms with Crippen LogP contribution in [0.1, 0.15) is 24.0 Å². The lowest BCUT2D eigenvalue weighted by Crippen LogP contribution is -2.57. The molecule has 4 rings (SSSR count). The molecular formula is C24H28F6N4O5. The summed E-state index contributed by atoms with van der Waals surface area (Å²) < 4.78 is 69.7. The highest BCUT2D eigenvalue weighted by atomic mass is 19.4. The van der Waals surface area contributed by atoms with E-state index in [0.717, 1.165) is 58.1 Å². The molecule has 2 aromatic rings. The molecule has 2 N–H and O–H groups in total. The van der Waals surface area contributed by atoms with Gasteiger partial charge in [-0.25, -0.2) is 19.6 Å². The fraction of sp³-hybridized carbons (Fsp3) is 0.500. The largest absolute Gasteiger partial charge is 0.490 e. The van der Waals surface area contributed by atoms with Crippen LogP contribution in [-0.4, -0.2) is 87.8 Å². The third kappa shape index (κ3) is 10.7. The van der Waals surface area contributed by atoms with Crippen molar-refractivity contribution in [2.45, 2.75) is 44.3 Å². The molecule has 39 heavy (non-hydrogen) atoms. The second-order valence-electron chi connectivity index (χ2n) is 8.87. The average molecular weight is 566 g/mol. The van der Waals surface area contributed by atoms with Crippen molar-refractivity contribution in [3.05, 3.63) is 53.9 Å². The number of nitrogens with zero attached hydrogens (tertiary/aromatic N) is 4. The lowest BCUT2D eigenvalue weighted by molar-refractivity contribution is -0.193. The van der Waals surface area contributed by atoms with Crippen molar-refractivity contribution in [3.63, 3.8) is 0 Å². The van der Waals surface area contributed by atoms with E-state index < -0.39 is 24.3 Å². The predicted molar refractivity (Wildman–Crippen MR) is 126 cm³/mol. The number of benzene rings is 1. The summed E-state index contributed by atoms with van der Waals surface area (Å²) in [7, 11) is 0. The van der Waals surface area contributed by atoms with Crippen LogP contribution in [0.4, 0.5) is 32.3 Å². The molecule has 0 aliphatic carbocycles. The number of alkyl halides is 6. The Morgan fingerprint density at radius 3 is 1.87 bits per heavy atom. The summed E-state index contributed by atoms with van der Waals surface area (Å²) in [6.45, 7) is 7.86. The predicted octanol–water partition coefficient (Wildman–Crippen LogP) is 3.92. The zero-order valence-corrected chi connectivity index (χ0v) is 20.9. The van der Waals surface area contributed by atoms with E-state index in [1.807, 2.05) is 18.5 Å². The van der Waals surface area contributed by atoms with Gasteiger partial charge in [-0.1, -0.05) is 29.8 Å². The number of morpholine rings is 1. The van der Waals surface area contributed by atoms with Crippen molar-refractivity contribution >= 4 is 17.9 Å². The Kier molecular flexibility index (Phi) is 11.0. The second-order valence-corrected chi connectivity index (χ2v) is 8.87. The Bertz CT molecular complexity index is 1040. The third-order valence-electron chi connectivity index (χ3n) is 5.86. The number of aryl methyl sites for hydroxylation is 1. The normalized spacial score (nSPS) is 17.4. The van der Waals surface area contributed by atoms with Crippen LogP contribution in [0.2, 0.25) is 0 Å². The molecule has 2 aliphatic rings. The summed E-state index contributed by atoms with van der Waals surface area (Å²) >= 11 is 0. The number of ether oxygens (including phenoxy) is 1. The van der Waals surface area contributed by atoms with Gasteiger partial charge in [0, 0.05) is 38.6 Å². The first-order chi connectivity index (χ1) is 18.1. The summed E-state index contributed by atoms with van der Waals surface area (Å²) in [5.74, 6) is -4.69. The quantitative estimate of drug-likeness (QED) is 0.534. The molecule has 15 heteroatoms. The standard InChI is InChI=1S/C20H26N4O.2C2HF3O2/c1-17-3-5-18(6-4-17)15-23-11-7-20(8-12-23)16-24(13-14-25-20)19-21-9-2-10-22-19;2*3-2(4,5)1(6)7/h2-6,9-10H,7-8,11-16H2,1H3;2*(H,6,7). The van der Waals surface area contributed by atoms with Crippen LogP contribution in [0, 0.1) is 6.92 Å². The molecule has 216 valence electrons. The highest BCUT2D eigenvalue weighted by molar-refractivity contribution is 5.73. The number of carboxylic acid groups (broad SMARTS) is 2. The fourth-order valence-electron chi connectivity index (χ4n) is 3.84. The fourth-order valence-corrected chi connectivity index (χ4v) is 3.84. The second kappa shape index (κ2) is 13.6. The van der Waals surface area contributed by atoms with Crippen LogP contribution in [0.25, 0.3) is 0 Å². The number of anilines is 1. The van der Waals surface area contributed by atoms with E-state index in [-0.39, 0.29) is 5.60 Å². The van der Waals surface area contributed by atoms with Crippen molar-refractivity contribution < 1.29 is 50.9 Å². The van der Waals surface area contributed by atoms with Gasteiger partial charge in [0.05, 0.1) is 18.8 Å². The van der Waals surface area contributed by atoms with Gasteiger partial charge in [0.25, 0.3) is 0 Å². The molecule has 0 amide bonds. The van der Waals surface area contributed by atoms with Gasteiger partial charge in [-0.2, -0.15) is 26.3 Å². The van der Waals surface area contributed by atoms with E-state index in [9.17, 15) is 26.3 Å². The minimum absolute atomic E-state index is 0.0404. The van der Waals surface area contributed by atoms with E-state index >= 15 is 0 Å². The van der Waals surface area contributed by atoms with Gasteiger partial charge >= 0.3 is 24.3 Å². The van der Waals surface area contributed by atoms with Crippen LogP contribution in [-0.2, 0) is 20.9 Å². The first kappa shape index (κ1) is 31.8. The molecule has 1 spiro atoms. The number of likely N-dealkylation sites (tertiary alicyclic amines) is 1. The van der Waals surface area contributed by atoms with Gasteiger partial charge in [-0.15, -0.1) is 0 Å². The van der Waals surface area contributed by atoms with Crippen molar-refractivity contribution in [1.82, 2.24) is 14.9 Å². The van der Waals surface area contributed by atoms with E-state index in [4.69, 9.17) is 24.5 Å². The first-order valence-electron chi connectivity index (χ1n) is 11.7. The maximum atomic E-state index is 10.6. The molecule has 9 nitrogen and oxygen atoms in total. The number of halogens is 6. The minimum atomic E-state index is -5.08. The third-order valence-corrected chi connectivity index (χ3v) is 5.86. The monoisotopic (exact) mass is 566 g/mol. The lowest BCUT2D eigenvalue weighted by Gasteiger charge is -2.47.